The van der Waals surface area contributed by atoms with Gasteiger partial charge in [0.1, 0.15) is 5.75 Å². The largest absolute Gasteiger partial charge is 0.496 e. The second kappa shape index (κ2) is 12.3. The van der Waals surface area contributed by atoms with E-state index in [4.69, 9.17) is 26.8 Å². The number of carbonyl (C=O) groups excluding carboxylic acids is 2. The summed E-state index contributed by atoms with van der Waals surface area (Å²) in [6.07, 6.45) is 7.95. The van der Waals surface area contributed by atoms with Crippen LogP contribution in [0.3, 0.4) is 0 Å². The van der Waals surface area contributed by atoms with E-state index in [-0.39, 0.29) is 24.0 Å². The average Bonchev–Trinajstić information content (AvgIpc) is 3.39. The molecule has 4 rings (SSSR count). The van der Waals surface area contributed by atoms with Gasteiger partial charge in [-0.15, -0.1) is 0 Å². The van der Waals surface area contributed by atoms with Crippen LogP contribution in [0.25, 0.3) is 0 Å². The third-order valence-electron chi connectivity index (χ3n) is 7.67. The maximum atomic E-state index is 12.8. The topological polar surface area (TPSA) is 97.1 Å². The van der Waals surface area contributed by atoms with Crippen LogP contribution < -0.4 is 15.8 Å². The minimum atomic E-state index is -0.182. The number of benzene rings is 1. The smallest absolute Gasteiger partial charge is 0.255 e. The number of amides is 2. The van der Waals surface area contributed by atoms with Gasteiger partial charge >= 0.3 is 0 Å². The summed E-state index contributed by atoms with van der Waals surface area (Å²) < 4.78 is 11.0. The number of carbonyl (C=O) groups is 2. The van der Waals surface area contributed by atoms with Crippen molar-refractivity contribution in [1.82, 2.24) is 15.1 Å². The number of anilines is 1. The molecule has 1 unspecified atom stereocenters. The summed E-state index contributed by atoms with van der Waals surface area (Å²) in [6.45, 7) is 5.58. The van der Waals surface area contributed by atoms with E-state index in [1.54, 1.807) is 12.1 Å². The molecule has 194 valence electrons. The van der Waals surface area contributed by atoms with Crippen molar-refractivity contribution < 1.29 is 19.1 Å². The van der Waals surface area contributed by atoms with E-state index in [1.165, 1.54) is 7.11 Å². The lowest BCUT2D eigenvalue weighted by Crippen LogP contribution is -2.47. The van der Waals surface area contributed by atoms with Crippen molar-refractivity contribution in [3.63, 3.8) is 0 Å². The molecule has 0 aliphatic carbocycles. The van der Waals surface area contributed by atoms with Crippen LogP contribution >= 0.6 is 11.6 Å². The fourth-order valence-corrected chi connectivity index (χ4v) is 5.65. The van der Waals surface area contributed by atoms with Crippen LogP contribution in [-0.4, -0.2) is 80.2 Å². The van der Waals surface area contributed by atoms with E-state index in [0.29, 0.717) is 34.4 Å². The number of nitrogens with zero attached hydrogens (tertiary/aromatic N) is 2. The molecule has 8 nitrogen and oxygen atoms in total. The number of likely N-dealkylation sites (tertiary alicyclic amines) is 2. The number of halogens is 1. The monoisotopic (exact) mass is 506 g/mol. The Balaban J connectivity index is 1.15. The average molecular weight is 507 g/mol. The molecule has 3 heterocycles. The van der Waals surface area contributed by atoms with Gasteiger partial charge in [-0.25, -0.2) is 0 Å². The van der Waals surface area contributed by atoms with E-state index in [2.05, 4.69) is 10.2 Å². The number of hydrogen-bond acceptors (Lipinski definition) is 6. The third kappa shape index (κ3) is 7.02. The first-order valence-corrected chi connectivity index (χ1v) is 13.4. The molecule has 3 aliphatic rings. The van der Waals surface area contributed by atoms with Gasteiger partial charge in [-0.05, 0) is 56.9 Å². The van der Waals surface area contributed by atoms with E-state index in [0.717, 1.165) is 84.3 Å². The molecule has 0 radical (unpaired) electrons. The zero-order valence-corrected chi connectivity index (χ0v) is 21.5. The molecule has 0 bridgehead atoms. The number of nitrogen functional groups attached to an aromatic ring is 1. The van der Waals surface area contributed by atoms with Gasteiger partial charge in [0.2, 0.25) is 5.91 Å². The zero-order chi connectivity index (χ0) is 24.8. The number of ether oxygens (including phenoxy) is 2. The SMILES string of the molecule is COc1cc(N)c(Cl)cc1C(=O)NC1CCN(CC2CCN(C(=O)CCC3CCCO3)CC2)CC1. The van der Waals surface area contributed by atoms with Crippen LogP contribution in [0.1, 0.15) is 61.7 Å². The Labute approximate surface area is 213 Å². The van der Waals surface area contributed by atoms with Crippen LogP contribution in [0.2, 0.25) is 5.02 Å². The first-order valence-electron chi connectivity index (χ1n) is 13.0. The lowest BCUT2D eigenvalue weighted by atomic mass is 9.94. The van der Waals surface area contributed by atoms with Gasteiger partial charge in [-0.1, -0.05) is 11.6 Å². The number of methoxy groups -OCH3 is 1. The van der Waals surface area contributed by atoms with E-state index in [9.17, 15) is 9.59 Å². The molecule has 35 heavy (non-hydrogen) atoms. The second-order valence-corrected chi connectivity index (χ2v) is 10.5. The van der Waals surface area contributed by atoms with Crippen LogP contribution in [0, 0.1) is 5.92 Å². The predicted molar refractivity (Wildman–Crippen MR) is 137 cm³/mol. The third-order valence-corrected chi connectivity index (χ3v) is 8.00. The van der Waals surface area contributed by atoms with Crippen LogP contribution in [0.4, 0.5) is 5.69 Å². The molecule has 1 aromatic rings. The number of hydrogen-bond donors (Lipinski definition) is 2. The Morgan fingerprint density at radius 2 is 1.89 bits per heavy atom. The number of piperidine rings is 2. The van der Waals surface area contributed by atoms with Crippen molar-refractivity contribution in [3.05, 3.63) is 22.7 Å². The van der Waals surface area contributed by atoms with Gasteiger partial charge in [0.05, 0.1) is 29.5 Å². The van der Waals surface area contributed by atoms with Gasteiger partial charge < -0.3 is 30.3 Å². The molecule has 3 fully saturated rings. The van der Waals surface area contributed by atoms with Gasteiger partial charge in [0.15, 0.2) is 0 Å². The first kappa shape index (κ1) is 26.0. The number of nitrogens with one attached hydrogen (secondary N) is 1. The van der Waals surface area contributed by atoms with Crippen LogP contribution in [-0.2, 0) is 9.53 Å². The molecule has 0 spiro atoms. The molecule has 0 aromatic heterocycles. The molecule has 9 heteroatoms. The van der Waals surface area contributed by atoms with Gasteiger partial charge in [-0.2, -0.15) is 0 Å². The highest BCUT2D eigenvalue weighted by molar-refractivity contribution is 6.33. The minimum absolute atomic E-state index is 0.128. The molecule has 3 aliphatic heterocycles. The van der Waals surface area contributed by atoms with E-state index < -0.39 is 0 Å². The Bertz CT molecular complexity index is 876. The van der Waals surface area contributed by atoms with Crippen molar-refractivity contribution in [2.75, 3.05) is 52.2 Å². The number of rotatable bonds is 8. The van der Waals surface area contributed by atoms with Gasteiger partial charge in [-0.3, -0.25) is 9.59 Å². The zero-order valence-electron chi connectivity index (χ0n) is 20.8. The molecule has 1 atom stereocenters. The molecular weight excluding hydrogens is 468 g/mol. The normalized spacial score (nSPS) is 22.3. The quantitative estimate of drug-likeness (QED) is 0.525. The standard InChI is InChI=1S/C26H39ClN4O4/c1-34-24-16-23(28)22(27)15-21(24)26(33)29-19-8-10-30(11-9-19)17-18-6-12-31(13-7-18)25(32)5-4-20-3-2-14-35-20/h15-16,18-20H,2-14,17,28H2,1H3,(H,29,33). The van der Waals surface area contributed by atoms with E-state index in [1.807, 2.05) is 4.90 Å². The predicted octanol–water partition coefficient (Wildman–Crippen LogP) is 3.32. The van der Waals surface area contributed by atoms with Crippen LogP contribution in [0.15, 0.2) is 12.1 Å². The fourth-order valence-electron chi connectivity index (χ4n) is 5.48. The highest BCUT2D eigenvalue weighted by Crippen LogP contribution is 2.29. The summed E-state index contributed by atoms with van der Waals surface area (Å²) in [5.74, 6) is 1.16. The summed E-state index contributed by atoms with van der Waals surface area (Å²) in [5, 5.41) is 3.48. The molecule has 0 saturated carbocycles. The lowest BCUT2D eigenvalue weighted by molar-refractivity contribution is -0.133. The van der Waals surface area contributed by atoms with Gasteiger partial charge in [0.25, 0.3) is 5.91 Å². The lowest BCUT2D eigenvalue weighted by Gasteiger charge is -2.38. The summed E-state index contributed by atoms with van der Waals surface area (Å²) in [4.78, 5) is 29.9. The highest BCUT2D eigenvalue weighted by atomic mass is 35.5. The van der Waals surface area contributed by atoms with Crippen molar-refractivity contribution in [3.8, 4) is 5.75 Å². The molecule has 3 saturated heterocycles. The van der Waals surface area contributed by atoms with Crippen molar-refractivity contribution in [2.24, 2.45) is 5.92 Å². The van der Waals surface area contributed by atoms with Crippen molar-refractivity contribution in [1.29, 1.82) is 0 Å². The molecule has 1 aromatic carbocycles. The summed E-state index contributed by atoms with van der Waals surface area (Å²) in [7, 11) is 1.52. The van der Waals surface area contributed by atoms with Crippen molar-refractivity contribution >= 4 is 29.1 Å². The fraction of sp³-hybridized carbons (Fsp3) is 0.692. The van der Waals surface area contributed by atoms with Crippen molar-refractivity contribution in [2.45, 2.75) is 63.5 Å². The maximum absolute atomic E-state index is 12.8. The van der Waals surface area contributed by atoms with Crippen LogP contribution in [0.5, 0.6) is 5.75 Å². The Kier molecular flexibility index (Phi) is 9.14. The first-order chi connectivity index (χ1) is 16.9. The Morgan fingerprint density at radius 3 is 2.54 bits per heavy atom. The summed E-state index contributed by atoms with van der Waals surface area (Å²) in [6, 6.07) is 3.28. The Morgan fingerprint density at radius 1 is 1.14 bits per heavy atom. The maximum Gasteiger partial charge on any atom is 0.255 e. The molecular formula is C26H39ClN4O4. The Hall–Kier alpha value is -2.03. The minimum Gasteiger partial charge on any atom is -0.496 e. The number of nitrogens with two attached hydrogens (primary N) is 1. The van der Waals surface area contributed by atoms with Gasteiger partial charge in [0, 0.05) is 57.9 Å². The molecule has 3 N–H and O–H groups in total. The second-order valence-electron chi connectivity index (χ2n) is 10.1. The van der Waals surface area contributed by atoms with E-state index >= 15 is 0 Å². The summed E-state index contributed by atoms with van der Waals surface area (Å²) in [5.41, 5.74) is 6.63. The summed E-state index contributed by atoms with van der Waals surface area (Å²) >= 11 is 6.12. The molecule has 2 amide bonds. The highest BCUT2D eigenvalue weighted by Gasteiger charge is 2.28.